The van der Waals surface area contributed by atoms with Crippen molar-refractivity contribution >= 4 is 11.9 Å². The van der Waals surface area contributed by atoms with Crippen molar-refractivity contribution in [3.63, 3.8) is 0 Å². The summed E-state index contributed by atoms with van der Waals surface area (Å²) < 4.78 is 11.1. The Morgan fingerprint density at radius 2 is 0.774 bits per heavy atom. The van der Waals surface area contributed by atoms with Gasteiger partial charge in [-0.2, -0.15) is 0 Å². The second-order valence-electron chi connectivity index (χ2n) is 8.62. The van der Waals surface area contributed by atoms with Crippen LogP contribution in [0, 0.1) is 0 Å². The van der Waals surface area contributed by atoms with E-state index in [0.29, 0.717) is 37.2 Å². The van der Waals surface area contributed by atoms with Crippen molar-refractivity contribution in [3.8, 4) is 0 Å². The molecule has 182 valence electrons. The Labute approximate surface area is 192 Å². The molecule has 0 aliphatic heterocycles. The molecule has 0 spiro atoms. The maximum absolute atomic E-state index is 12.9. The van der Waals surface area contributed by atoms with E-state index in [2.05, 4.69) is 27.7 Å². The topological polar surface area (TPSA) is 52.6 Å². The molecule has 31 heavy (non-hydrogen) atoms. The quantitative estimate of drug-likeness (QED) is 0.103. The van der Waals surface area contributed by atoms with Crippen LogP contribution in [0.25, 0.3) is 0 Å². The molecule has 4 heteroatoms. The highest BCUT2D eigenvalue weighted by Gasteiger charge is 2.23. The lowest BCUT2D eigenvalue weighted by Gasteiger charge is -2.15. The molecular weight excluding hydrogens is 388 g/mol. The number of hydrogen-bond acceptors (Lipinski definition) is 4. The van der Waals surface area contributed by atoms with Crippen LogP contribution in [-0.4, -0.2) is 25.2 Å². The highest BCUT2D eigenvalue weighted by molar-refractivity contribution is 6.00. The van der Waals surface area contributed by atoms with Crippen LogP contribution >= 0.6 is 0 Å². The molecule has 0 heterocycles. The molecule has 0 aliphatic carbocycles. The zero-order valence-corrected chi connectivity index (χ0v) is 21.1. The molecule has 0 aromatic rings. The van der Waals surface area contributed by atoms with Gasteiger partial charge in [-0.3, -0.25) is 0 Å². The SMILES string of the molecule is CCCCCCCCC(C(=O)OCCCC)=C(CCCCCCC)C(=O)OCCCC. The normalized spacial score (nSPS) is 11.9. The molecule has 0 fully saturated rings. The number of esters is 2. The Morgan fingerprint density at radius 1 is 0.452 bits per heavy atom. The van der Waals surface area contributed by atoms with Crippen LogP contribution in [0.15, 0.2) is 11.1 Å². The summed E-state index contributed by atoms with van der Waals surface area (Å²) in [7, 11) is 0. The summed E-state index contributed by atoms with van der Waals surface area (Å²) in [5.74, 6) is -0.615. The van der Waals surface area contributed by atoms with Gasteiger partial charge < -0.3 is 9.47 Å². The third-order valence-corrected chi connectivity index (χ3v) is 5.63. The van der Waals surface area contributed by atoms with Crippen molar-refractivity contribution in [2.45, 2.75) is 137 Å². The molecule has 0 aromatic heterocycles. The van der Waals surface area contributed by atoms with E-state index in [0.717, 1.165) is 51.4 Å². The van der Waals surface area contributed by atoms with Crippen molar-refractivity contribution in [2.24, 2.45) is 0 Å². The summed E-state index contributed by atoms with van der Waals surface area (Å²) in [6.45, 7) is 9.40. The van der Waals surface area contributed by atoms with E-state index >= 15 is 0 Å². The summed E-state index contributed by atoms with van der Waals surface area (Å²) in [6.07, 6.45) is 17.4. The van der Waals surface area contributed by atoms with Gasteiger partial charge in [0.05, 0.1) is 13.2 Å². The summed E-state index contributed by atoms with van der Waals surface area (Å²) in [5, 5.41) is 0. The maximum atomic E-state index is 12.9. The molecule has 0 bridgehead atoms. The van der Waals surface area contributed by atoms with E-state index in [9.17, 15) is 9.59 Å². The van der Waals surface area contributed by atoms with E-state index in [1.807, 2.05) is 0 Å². The standard InChI is InChI=1S/C27H50O4/c1-5-9-13-15-17-19-21-25(27(29)31-23-12-8-4)24(20-18-16-14-10-6-2)26(28)30-22-11-7-3/h5-23H2,1-4H3. The molecule has 0 aromatic carbocycles. The van der Waals surface area contributed by atoms with Gasteiger partial charge in [0.1, 0.15) is 0 Å². The van der Waals surface area contributed by atoms with Gasteiger partial charge in [0.15, 0.2) is 0 Å². The third kappa shape index (κ3) is 16.0. The van der Waals surface area contributed by atoms with Crippen LogP contribution in [0.4, 0.5) is 0 Å². The Bertz CT molecular complexity index is 482. The second kappa shape index (κ2) is 21.9. The Balaban J connectivity index is 5.29. The Kier molecular flexibility index (Phi) is 21.0. The van der Waals surface area contributed by atoms with Crippen LogP contribution in [0.5, 0.6) is 0 Å². The molecule has 0 saturated heterocycles. The molecular formula is C27H50O4. The van der Waals surface area contributed by atoms with E-state index in [1.54, 1.807) is 0 Å². The first-order chi connectivity index (χ1) is 15.1. The molecule has 0 atom stereocenters. The fourth-order valence-electron chi connectivity index (χ4n) is 3.53. The first-order valence-electron chi connectivity index (χ1n) is 13.2. The Morgan fingerprint density at radius 3 is 1.13 bits per heavy atom. The van der Waals surface area contributed by atoms with Gasteiger partial charge in [-0.25, -0.2) is 9.59 Å². The van der Waals surface area contributed by atoms with Gasteiger partial charge in [0.2, 0.25) is 0 Å². The van der Waals surface area contributed by atoms with Crippen molar-refractivity contribution in [1.29, 1.82) is 0 Å². The minimum absolute atomic E-state index is 0.307. The molecule has 0 radical (unpaired) electrons. The van der Waals surface area contributed by atoms with E-state index in [1.165, 1.54) is 44.9 Å². The first-order valence-corrected chi connectivity index (χ1v) is 13.2. The predicted molar refractivity (Wildman–Crippen MR) is 130 cm³/mol. The van der Waals surface area contributed by atoms with Gasteiger partial charge in [-0.05, 0) is 38.5 Å². The molecule has 0 rings (SSSR count). The number of carbonyl (C=O) groups excluding carboxylic acids is 2. The average Bonchev–Trinajstić information content (AvgIpc) is 2.76. The van der Waals surface area contributed by atoms with Gasteiger partial charge >= 0.3 is 11.9 Å². The van der Waals surface area contributed by atoms with Gasteiger partial charge in [-0.15, -0.1) is 0 Å². The van der Waals surface area contributed by atoms with E-state index in [4.69, 9.17) is 9.47 Å². The molecule has 4 nitrogen and oxygen atoms in total. The van der Waals surface area contributed by atoms with Crippen molar-refractivity contribution in [2.75, 3.05) is 13.2 Å². The van der Waals surface area contributed by atoms with Crippen LogP contribution < -0.4 is 0 Å². The number of hydrogen-bond donors (Lipinski definition) is 0. The third-order valence-electron chi connectivity index (χ3n) is 5.63. The second-order valence-corrected chi connectivity index (χ2v) is 8.62. The zero-order chi connectivity index (χ0) is 23.2. The largest absolute Gasteiger partial charge is 0.462 e. The number of rotatable bonds is 21. The number of carbonyl (C=O) groups is 2. The minimum Gasteiger partial charge on any atom is -0.462 e. The fraction of sp³-hybridized carbons (Fsp3) is 0.852. The van der Waals surface area contributed by atoms with Crippen LogP contribution in [0.2, 0.25) is 0 Å². The predicted octanol–water partition coefficient (Wildman–Crippen LogP) is 8.08. The molecule has 0 amide bonds. The van der Waals surface area contributed by atoms with Gasteiger partial charge in [0, 0.05) is 11.1 Å². The summed E-state index contributed by atoms with van der Waals surface area (Å²) >= 11 is 0. The molecule has 0 saturated carbocycles. The van der Waals surface area contributed by atoms with Crippen LogP contribution in [-0.2, 0) is 19.1 Å². The Hall–Kier alpha value is -1.32. The number of unbranched alkanes of at least 4 members (excludes halogenated alkanes) is 11. The fourth-order valence-corrected chi connectivity index (χ4v) is 3.53. The lowest BCUT2D eigenvalue weighted by Crippen LogP contribution is -2.18. The molecule has 0 aliphatic rings. The monoisotopic (exact) mass is 438 g/mol. The van der Waals surface area contributed by atoms with Crippen LogP contribution in [0.1, 0.15) is 137 Å². The van der Waals surface area contributed by atoms with Crippen LogP contribution in [0.3, 0.4) is 0 Å². The lowest BCUT2D eigenvalue weighted by molar-refractivity contribution is -0.142. The maximum Gasteiger partial charge on any atom is 0.334 e. The van der Waals surface area contributed by atoms with E-state index < -0.39 is 0 Å². The van der Waals surface area contributed by atoms with Crippen molar-refractivity contribution in [3.05, 3.63) is 11.1 Å². The van der Waals surface area contributed by atoms with Gasteiger partial charge in [0.25, 0.3) is 0 Å². The van der Waals surface area contributed by atoms with Gasteiger partial charge in [-0.1, -0.05) is 98.3 Å². The summed E-state index contributed by atoms with van der Waals surface area (Å²) in [5.41, 5.74) is 1.14. The van der Waals surface area contributed by atoms with E-state index in [-0.39, 0.29) is 11.9 Å². The summed E-state index contributed by atoms with van der Waals surface area (Å²) in [4.78, 5) is 25.8. The zero-order valence-electron chi connectivity index (χ0n) is 21.1. The molecule has 0 unspecified atom stereocenters. The number of ether oxygens (including phenoxy) is 2. The van der Waals surface area contributed by atoms with Crippen molar-refractivity contribution < 1.29 is 19.1 Å². The average molecular weight is 439 g/mol. The highest BCUT2D eigenvalue weighted by atomic mass is 16.5. The van der Waals surface area contributed by atoms with Crippen molar-refractivity contribution in [1.82, 2.24) is 0 Å². The minimum atomic E-state index is -0.308. The highest BCUT2D eigenvalue weighted by Crippen LogP contribution is 2.23. The summed E-state index contributed by atoms with van der Waals surface area (Å²) in [6, 6.07) is 0. The molecule has 0 N–H and O–H groups in total. The smallest absolute Gasteiger partial charge is 0.334 e. The first kappa shape index (κ1) is 29.7. The lowest BCUT2D eigenvalue weighted by atomic mass is 9.96.